The van der Waals surface area contributed by atoms with E-state index in [-0.39, 0.29) is 6.04 Å². The summed E-state index contributed by atoms with van der Waals surface area (Å²) in [7, 11) is 0. The van der Waals surface area contributed by atoms with Crippen molar-refractivity contribution in [2.45, 2.75) is 31.2 Å². The molecule has 0 aliphatic heterocycles. The first-order valence-corrected chi connectivity index (χ1v) is 5.97. The molecule has 0 unspecified atom stereocenters. The minimum Gasteiger partial charge on any atom is -0.339 e. The summed E-state index contributed by atoms with van der Waals surface area (Å²) in [6.07, 6.45) is 3.06. The fourth-order valence-corrected chi connectivity index (χ4v) is 2.35. The van der Waals surface area contributed by atoms with Crippen LogP contribution in [-0.4, -0.2) is 16.2 Å². The van der Waals surface area contributed by atoms with Gasteiger partial charge in [0.2, 0.25) is 11.7 Å². The van der Waals surface area contributed by atoms with Gasteiger partial charge in [-0.05, 0) is 19.3 Å². The third-order valence-electron chi connectivity index (χ3n) is 3.30. The number of hydrogen-bond acceptors (Lipinski definition) is 4. The molecular weight excluding hydrogens is 214 g/mol. The van der Waals surface area contributed by atoms with Crippen molar-refractivity contribution in [1.29, 1.82) is 0 Å². The van der Waals surface area contributed by atoms with E-state index < -0.39 is 0 Å². The third-order valence-corrected chi connectivity index (χ3v) is 3.30. The summed E-state index contributed by atoms with van der Waals surface area (Å²) < 4.78 is 5.33. The molecule has 1 aromatic carbocycles. The van der Waals surface area contributed by atoms with Crippen LogP contribution in [0.4, 0.5) is 0 Å². The normalized spacial score (nSPS) is 24.1. The number of nitrogens with zero attached hydrogens (tertiary/aromatic N) is 2. The van der Waals surface area contributed by atoms with E-state index >= 15 is 0 Å². The molecule has 2 atom stereocenters. The SMILES string of the molecule is N[C@@H]1CC[C@@H](c2nc(-c3ccccc3)no2)C1. The van der Waals surface area contributed by atoms with Crippen LogP contribution < -0.4 is 5.73 Å². The summed E-state index contributed by atoms with van der Waals surface area (Å²) >= 11 is 0. The lowest BCUT2D eigenvalue weighted by atomic mass is 10.1. The van der Waals surface area contributed by atoms with Crippen LogP contribution in [0.15, 0.2) is 34.9 Å². The van der Waals surface area contributed by atoms with E-state index in [9.17, 15) is 0 Å². The van der Waals surface area contributed by atoms with Gasteiger partial charge in [-0.15, -0.1) is 0 Å². The molecule has 0 amide bonds. The zero-order valence-corrected chi connectivity index (χ0v) is 9.54. The molecule has 3 rings (SSSR count). The summed E-state index contributed by atoms with van der Waals surface area (Å²) in [4.78, 5) is 4.46. The van der Waals surface area contributed by atoms with Gasteiger partial charge < -0.3 is 10.3 Å². The quantitative estimate of drug-likeness (QED) is 0.858. The molecule has 2 aromatic rings. The van der Waals surface area contributed by atoms with Crippen molar-refractivity contribution in [1.82, 2.24) is 10.1 Å². The van der Waals surface area contributed by atoms with Crippen LogP contribution >= 0.6 is 0 Å². The highest BCUT2D eigenvalue weighted by Crippen LogP contribution is 2.33. The van der Waals surface area contributed by atoms with Gasteiger partial charge in [-0.3, -0.25) is 0 Å². The first kappa shape index (κ1) is 10.5. The van der Waals surface area contributed by atoms with Crippen LogP contribution in [0.5, 0.6) is 0 Å². The molecule has 88 valence electrons. The Labute approximate surface area is 99.8 Å². The van der Waals surface area contributed by atoms with E-state index in [0.717, 1.165) is 30.7 Å². The Kier molecular flexibility index (Phi) is 2.65. The van der Waals surface area contributed by atoms with E-state index in [1.54, 1.807) is 0 Å². The molecule has 1 aromatic heterocycles. The lowest BCUT2D eigenvalue weighted by Crippen LogP contribution is -2.14. The second-order valence-corrected chi connectivity index (χ2v) is 4.59. The van der Waals surface area contributed by atoms with Crippen molar-refractivity contribution < 1.29 is 4.52 Å². The van der Waals surface area contributed by atoms with Crippen LogP contribution in [0.3, 0.4) is 0 Å². The van der Waals surface area contributed by atoms with Gasteiger partial charge in [0.25, 0.3) is 0 Å². The van der Waals surface area contributed by atoms with Gasteiger partial charge in [-0.2, -0.15) is 4.98 Å². The summed E-state index contributed by atoms with van der Waals surface area (Å²) in [5.74, 6) is 1.74. The minimum absolute atomic E-state index is 0.284. The van der Waals surface area contributed by atoms with Crippen LogP contribution in [0.25, 0.3) is 11.4 Å². The highest BCUT2D eigenvalue weighted by molar-refractivity contribution is 5.53. The molecule has 0 spiro atoms. The van der Waals surface area contributed by atoms with E-state index in [4.69, 9.17) is 10.3 Å². The van der Waals surface area contributed by atoms with E-state index in [0.29, 0.717) is 11.7 Å². The van der Waals surface area contributed by atoms with Crippen molar-refractivity contribution in [3.05, 3.63) is 36.2 Å². The van der Waals surface area contributed by atoms with E-state index in [1.165, 1.54) is 0 Å². The maximum atomic E-state index is 5.89. The van der Waals surface area contributed by atoms with Crippen molar-refractivity contribution in [2.75, 3.05) is 0 Å². The average molecular weight is 229 g/mol. The Morgan fingerprint density at radius 2 is 2.00 bits per heavy atom. The minimum atomic E-state index is 0.284. The molecular formula is C13H15N3O. The number of nitrogens with two attached hydrogens (primary N) is 1. The van der Waals surface area contributed by atoms with Gasteiger partial charge in [-0.1, -0.05) is 35.5 Å². The molecule has 0 bridgehead atoms. The predicted octanol–water partition coefficient (Wildman–Crippen LogP) is 2.33. The number of hydrogen-bond donors (Lipinski definition) is 1. The Hall–Kier alpha value is -1.68. The summed E-state index contributed by atoms with van der Waals surface area (Å²) in [6, 6.07) is 10.2. The molecule has 17 heavy (non-hydrogen) atoms. The first-order valence-electron chi connectivity index (χ1n) is 5.97. The maximum absolute atomic E-state index is 5.89. The number of aromatic nitrogens is 2. The number of rotatable bonds is 2. The third kappa shape index (κ3) is 2.08. The zero-order valence-electron chi connectivity index (χ0n) is 9.54. The Morgan fingerprint density at radius 3 is 2.71 bits per heavy atom. The van der Waals surface area contributed by atoms with Crippen molar-refractivity contribution in [3.8, 4) is 11.4 Å². The number of benzene rings is 1. The van der Waals surface area contributed by atoms with Crippen molar-refractivity contribution in [2.24, 2.45) is 5.73 Å². The van der Waals surface area contributed by atoms with E-state index in [1.807, 2.05) is 30.3 Å². The van der Waals surface area contributed by atoms with Crippen LogP contribution in [0, 0.1) is 0 Å². The molecule has 1 heterocycles. The summed E-state index contributed by atoms with van der Waals surface area (Å²) in [5.41, 5.74) is 6.88. The highest BCUT2D eigenvalue weighted by Gasteiger charge is 2.27. The molecule has 0 saturated heterocycles. The van der Waals surface area contributed by atoms with E-state index in [2.05, 4.69) is 10.1 Å². The smallest absolute Gasteiger partial charge is 0.230 e. The van der Waals surface area contributed by atoms with Gasteiger partial charge in [0.1, 0.15) is 0 Å². The molecule has 2 N–H and O–H groups in total. The zero-order chi connectivity index (χ0) is 11.7. The maximum Gasteiger partial charge on any atom is 0.230 e. The highest BCUT2D eigenvalue weighted by atomic mass is 16.5. The second-order valence-electron chi connectivity index (χ2n) is 4.59. The molecule has 4 nitrogen and oxygen atoms in total. The van der Waals surface area contributed by atoms with Crippen LogP contribution in [0.1, 0.15) is 31.1 Å². The molecule has 0 radical (unpaired) electrons. The molecule has 1 fully saturated rings. The summed E-state index contributed by atoms with van der Waals surface area (Å²) in [5, 5.41) is 4.03. The first-order chi connectivity index (χ1) is 8.33. The summed E-state index contributed by atoms with van der Waals surface area (Å²) in [6.45, 7) is 0. The van der Waals surface area contributed by atoms with Gasteiger partial charge in [0.05, 0.1) is 0 Å². The Bertz CT molecular complexity index is 494. The largest absolute Gasteiger partial charge is 0.339 e. The topological polar surface area (TPSA) is 64.9 Å². The van der Waals surface area contributed by atoms with Gasteiger partial charge in [0, 0.05) is 17.5 Å². The van der Waals surface area contributed by atoms with Crippen molar-refractivity contribution >= 4 is 0 Å². The fourth-order valence-electron chi connectivity index (χ4n) is 2.35. The monoisotopic (exact) mass is 229 g/mol. The van der Waals surface area contributed by atoms with Gasteiger partial charge in [-0.25, -0.2) is 0 Å². The molecule has 1 aliphatic carbocycles. The van der Waals surface area contributed by atoms with Crippen molar-refractivity contribution in [3.63, 3.8) is 0 Å². The molecule has 4 heteroatoms. The van der Waals surface area contributed by atoms with Crippen LogP contribution in [-0.2, 0) is 0 Å². The molecule has 1 saturated carbocycles. The average Bonchev–Trinajstić information content (AvgIpc) is 2.98. The standard InChI is InChI=1S/C13H15N3O/c14-11-7-6-10(8-11)13-15-12(16-17-13)9-4-2-1-3-5-9/h1-5,10-11H,6-8,14H2/t10-,11-/m1/s1. The van der Waals surface area contributed by atoms with Gasteiger partial charge >= 0.3 is 0 Å². The Morgan fingerprint density at radius 1 is 1.18 bits per heavy atom. The lowest BCUT2D eigenvalue weighted by Gasteiger charge is -2.01. The molecule has 1 aliphatic rings. The lowest BCUT2D eigenvalue weighted by molar-refractivity contribution is 0.353. The van der Waals surface area contributed by atoms with Crippen LogP contribution in [0.2, 0.25) is 0 Å². The fraction of sp³-hybridized carbons (Fsp3) is 0.385. The Balaban J connectivity index is 1.84. The van der Waals surface area contributed by atoms with Gasteiger partial charge in [0.15, 0.2) is 0 Å². The predicted molar refractivity (Wildman–Crippen MR) is 64.3 cm³/mol. The second kappa shape index (κ2) is 4.30.